The molecule has 1 atom stereocenters. The van der Waals surface area contributed by atoms with E-state index in [-0.39, 0.29) is 22.4 Å². The number of benzene rings is 1. The molecule has 1 aliphatic rings. The summed E-state index contributed by atoms with van der Waals surface area (Å²) in [6.45, 7) is 1.32. The molecule has 0 bridgehead atoms. The smallest absolute Gasteiger partial charge is 0.256 e. The van der Waals surface area contributed by atoms with Crippen molar-refractivity contribution in [2.24, 2.45) is 0 Å². The second-order valence-corrected chi connectivity index (χ2v) is 8.17. The Labute approximate surface area is 150 Å². The van der Waals surface area contributed by atoms with Crippen LogP contribution in [-0.4, -0.2) is 39.5 Å². The lowest BCUT2D eigenvalue weighted by atomic mass is 10.1. The van der Waals surface area contributed by atoms with Crippen LogP contribution < -0.4 is 10.1 Å². The molecule has 1 aliphatic heterocycles. The quantitative estimate of drug-likeness (QED) is 0.869. The monoisotopic (exact) mass is 392 g/mol. The molecule has 0 aliphatic carbocycles. The van der Waals surface area contributed by atoms with E-state index >= 15 is 0 Å². The Balaban J connectivity index is 0.00000208. The summed E-state index contributed by atoms with van der Waals surface area (Å²) < 4.78 is 46.4. The first-order valence-corrected chi connectivity index (χ1v) is 9.45. The fourth-order valence-corrected chi connectivity index (χ4v) is 5.71. The second kappa shape index (κ2) is 7.79. The average Bonchev–Trinajstić information content (AvgIpc) is 3.04. The van der Waals surface area contributed by atoms with Crippen molar-refractivity contribution in [1.82, 2.24) is 9.62 Å². The minimum Gasteiger partial charge on any atom is -0.494 e. The van der Waals surface area contributed by atoms with Gasteiger partial charge in [-0.05, 0) is 29.1 Å². The standard InChI is InChI=1S/C15H17FN2O3S2.ClH/c1-21-14-5-8-22-15(14)23(19,20)18-7-6-17-10-13(18)11-3-2-4-12(16)9-11;/h2-5,8-9,13,17H,6-7,10H2,1H3;1H. The van der Waals surface area contributed by atoms with Crippen molar-refractivity contribution in [3.8, 4) is 5.75 Å². The van der Waals surface area contributed by atoms with Crippen molar-refractivity contribution < 1.29 is 17.5 Å². The Hall–Kier alpha value is -1.19. The van der Waals surface area contributed by atoms with Gasteiger partial charge in [0.05, 0.1) is 13.2 Å². The van der Waals surface area contributed by atoms with Gasteiger partial charge in [-0.15, -0.1) is 23.7 Å². The van der Waals surface area contributed by atoms with E-state index in [1.165, 1.54) is 23.5 Å². The molecular weight excluding hydrogens is 375 g/mol. The Morgan fingerprint density at radius 2 is 2.17 bits per heavy atom. The van der Waals surface area contributed by atoms with E-state index in [1.807, 2.05) is 0 Å². The van der Waals surface area contributed by atoms with Crippen LogP contribution in [0.4, 0.5) is 4.39 Å². The predicted octanol–water partition coefficient (Wildman–Crippen LogP) is 2.65. The summed E-state index contributed by atoms with van der Waals surface area (Å²) in [7, 11) is -2.26. The summed E-state index contributed by atoms with van der Waals surface area (Å²) in [6.07, 6.45) is 0. The van der Waals surface area contributed by atoms with Crippen LogP contribution in [0.2, 0.25) is 0 Å². The number of hydrogen-bond donors (Lipinski definition) is 1. The molecule has 1 N–H and O–H groups in total. The number of thiophene rings is 1. The molecule has 0 radical (unpaired) electrons. The lowest BCUT2D eigenvalue weighted by molar-refractivity contribution is 0.270. The molecule has 2 aromatic rings. The van der Waals surface area contributed by atoms with Gasteiger partial charge in [-0.2, -0.15) is 4.31 Å². The Morgan fingerprint density at radius 1 is 1.38 bits per heavy atom. The number of ether oxygens (including phenoxy) is 1. The van der Waals surface area contributed by atoms with E-state index in [9.17, 15) is 12.8 Å². The van der Waals surface area contributed by atoms with Gasteiger partial charge in [0.2, 0.25) is 0 Å². The molecule has 5 nitrogen and oxygen atoms in total. The summed E-state index contributed by atoms with van der Waals surface area (Å²) in [6, 6.07) is 7.25. The first kappa shape index (κ1) is 19.1. The third kappa shape index (κ3) is 3.57. The Kier molecular flexibility index (Phi) is 6.22. The first-order valence-electron chi connectivity index (χ1n) is 7.13. The summed E-state index contributed by atoms with van der Waals surface area (Å²) >= 11 is 1.13. The number of nitrogens with one attached hydrogen (secondary N) is 1. The summed E-state index contributed by atoms with van der Waals surface area (Å²) in [5.41, 5.74) is 0.635. The fourth-order valence-electron chi connectivity index (χ4n) is 2.70. The maximum atomic E-state index is 13.5. The molecule has 0 amide bonds. The van der Waals surface area contributed by atoms with Crippen LogP contribution in [0.15, 0.2) is 39.9 Å². The van der Waals surface area contributed by atoms with E-state index < -0.39 is 16.1 Å². The molecule has 132 valence electrons. The molecule has 9 heteroatoms. The Bertz CT molecular complexity index is 798. The van der Waals surface area contributed by atoms with Crippen molar-refractivity contribution in [3.63, 3.8) is 0 Å². The van der Waals surface area contributed by atoms with Crippen molar-refractivity contribution in [1.29, 1.82) is 0 Å². The molecule has 1 fully saturated rings. The molecule has 1 saturated heterocycles. The maximum absolute atomic E-state index is 13.5. The van der Waals surface area contributed by atoms with Crippen LogP contribution in [0, 0.1) is 5.82 Å². The third-order valence-corrected chi connectivity index (χ3v) is 7.12. The van der Waals surface area contributed by atoms with Gasteiger partial charge in [0.25, 0.3) is 10.0 Å². The fraction of sp³-hybridized carbons (Fsp3) is 0.333. The number of piperazine rings is 1. The van der Waals surface area contributed by atoms with Gasteiger partial charge in [-0.3, -0.25) is 0 Å². The first-order chi connectivity index (χ1) is 11.0. The van der Waals surface area contributed by atoms with E-state index in [0.717, 1.165) is 11.3 Å². The summed E-state index contributed by atoms with van der Waals surface area (Å²) in [5, 5.41) is 4.86. The number of nitrogens with zero attached hydrogens (tertiary/aromatic N) is 1. The number of hydrogen-bond acceptors (Lipinski definition) is 5. The van der Waals surface area contributed by atoms with Crippen LogP contribution in [0.25, 0.3) is 0 Å². The minimum absolute atomic E-state index is 0. The molecule has 24 heavy (non-hydrogen) atoms. The third-order valence-electron chi connectivity index (χ3n) is 3.79. The predicted molar refractivity (Wildman–Crippen MR) is 94.0 cm³/mol. The van der Waals surface area contributed by atoms with E-state index in [4.69, 9.17) is 4.74 Å². The minimum atomic E-state index is -3.71. The zero-order valence-corrected chi connectivity index (χ0v) is 15.4. The summed E-state index contributed by atoms with van der Waals surface area (Å²) in [4.78, 5) is 0. The van der Waals surface area contributed by atoms with Crippen LogP contribution in [0.1, 0.15) is 11.6 Å². The highest BCUT2D eigenvalue weighted by molar-refractivity contribution is 7.91. The van der Waals surface area contributed by atoms with Crippen molar-refractivity contribution in [2.45, 2.75) is 10.3 Å². The van der Waals surface area contributed by atoms with Crippen LogP contribution >= 0.6 is 23.7 Å². The van der Waals surface area contributed by atoms with E-state index in [1.54, 1.807) is 23.6 Å². The highest BCUT2D eigenvalue weighted by Gasteiger charge is 2.36. The van der Waals surface area contributed by atoms with Gasteiger partial charge in [0, 0.05) is 19.6 Å². The van der Waals surface area contributed by atoms with Crippen molar-refractivity contribution in [3.05, 3.63) is 47.1 Å². The average molecular weight is 393 g/mol. The molecular formula is C15H18ClFN2O3S2. The van der Waals surface area contributed by atoms with Gasteiger partial charge < -0.3 is 10.1 Å². The lowest BCUT2D eigenvalue weighted by Crippen LogP contribution is -2.48. The normalized spacial score (nSPS) is 18.8. The van der Waals surface area contributed by atoms with Gasteiger partial charge in [0.1, 0.15) is 11.6 Å². The number of methoxy groups -OCH3 is 1. The number of sulfonamides is 1. The van der Waals surface area contributed by atoms with E-state index in [0.29, 0.717) is 30.9 Å². The summed E-state index contributed by atoms with van der Waals surface area (Å²) in [5.74, 6) is -0.0364. The van der Waals surface area contributed by atoms with Crippen molar-refractivity contribution >= 4 is 33.8 Å². The second-order valence-electron chi connectivity index (χ2n) is 5.17. The van der Waals surface area contributed by atoms with Crippen molar-refractivity contribution in [2.75, 3.05) is 26.7 Å². The van der Waals surface area contributed by atoms with E-state index in [2.05, 4.69) is 5.32 Å². The number of rotatable bonds is 4. The largest absolute Gasteiger partial charge is 0.494 e. The van der Waals surface area contributed by atoms with Gasteiger partial charge >= 0.3 is 0 Å². The van der Waals surface area contributed by atoms with Crippen LogP contribution in [0.5, 0.6) is 5.75 Å². The molecule has 0 spiro atoms. The Morgan fingerprint density at radius 3 is 2.88 bits per heavy atom. The molecule has 0 saturated carbocycles. The highest BCUT2D eigenvalue weighted by Crippen LogP contribution is 2.36. The number of halogens is 2. The topological polar surface area (TPSA) is 58.6 Å². The highest BCUT2D eigenvalue weighted by atomic mass is 35.5. The lowest BCUT2D eigenvalue weighted by Gasteiger charge is -2.35. The molecule has 2 heterocycles. The van der Waals surface area contributed by atoms with Gasteiger partial charge in [-0.1, -0.05) is 12.1 Å². The SMILES string of the molecule is COc1ccsc1S(=O)(=O)N1CCNCC1c1cccc(F)c1.Cl. The molecule has 3 rings (SSSR count). The maximum Gasteiger partial charge on any atom is 0.256 e. The van der Waals surface area contributed by atoms with Crippen LogP contribution in [-0.2, 0) is 10.0 Å². The molecule has 1 unspecified atom stereocenters. The zero-order valence-electron chi connectivity index (χ0n) is 12.9. The van der Waals surface area contributed by atoms with Gasteiger partial charge in [0.15, 0.2) is 4.21 Å². The van der Waals surface area contributed by atoms with Gasteiger partial charge in [-0.25, -0.2) is 12.8 Å². The molecule has 1 aromatic heterocycles. The zero-order chi connectivity index (χ0) is 16.4. The van der Waals surface area contributed by atoms with Crippen LogP contribution in [0.3, 0.4) is 0 Å². The molecule has 1 aromatic carbocycles.